The Labute approximate surface area is 134 Å². The topological polar surface area (TPSA) is 26.3 Å². The molecule has 120 valence electrons. The fraction of sp³-hybridized carbons (Fsp3) is 0.650. The highest BCUT2D eigenvalue weighted by atomic mass is 16.6. The van der Waals surface area contributed by atoms with Crippen LogP contribution in [0.3, 0.4) is 0 Å². The van der Waals surface area contributed by atoms with Crippen LogP contribution in [0, 0.1) is 5.92 Å². The Morgan fingerprint density at radius 2 is 1.73 bits per heavy atom. The minimum Gasteiger partial charge on any atom is -0.461 e. The molecule has 0 amide bonds. The van der Waals surface area contributed by atoms with Crippen molar-refractivity contribution in [3.05, 3.63) is 35.4 Å². The highest BCUT2D eigenvalue weighted by molar-refractivity contribution is 5.75. The molecule has 1 saturated carbocycles. The van der Waals surface area contributed by atoms with Crippen LogP contribution < -0.4 is 0 Å². The third kappa shape index (κ3) is 3.71. The lowest BCUT2D eigenvalue weighted by Gasteiger charge is -2.37. The smallest absolute Gasteiger partial charge is 0.309 e. The minimum absolute atomic E-state index is 0.00853. The standard InChI is InChI=1S/C20H28O2/c1-2-3-4-5-15-6-8-16(9-7-15)17-10-12-18(13-11-17)19-14-20(21)22-19/h6-9,17-19H,2-5,10-14H2,1H3. The molecule has 1 aliphatic carbocycles. The van der Waals surface area contributed by atoms with Gasteiger partial charge in [-0.2, -0.15) is 0 Å². The number of aryl methyl sites for hydroxylation is 1. The number of unbranched alkanes of at least 4 members (excludes halogenated alkanes) is 2. The molecule has 1 saturated heterocycles. The average molecular weight is 300 g/mol. The normalized spacial score (nSPS) is 28.0. The van der Waals surface area contributed by atoms with Gasteiger partial charge in [-0.3, -0.25) is 4.79 Å². The molecule has 22 heavy (non-hydrogen) atoms. The van der Waals surface area contributed by atoms with E-state index in [1.807, 2.05) is 0 Å². The minimum atomic E-state index is -0.00853. The van der Waals surface area contributed by atoms with Gasteiger partial charge in [-0.1, -0.05) is 44.0 Å². The molecular weight excluding hydrogens is 272 g/mol. The van der Waals surface area contributed by atoms with Gasteiger partial charge in [0.2, 0.25) is 0 Å². The Hall–Kier alpha value is -1.31. The van der Waals surface area contributed by atoms with Crippen LogP contribution in [0.5, 0.6) is 0 Å². The van der Waals surface area contributed by atoms with Crippen molar-refractivity contribution >= 4 is 5.97 Å². The lowest BCUT2D eigenvalue weighted by Crippen LogP contribution is -2.40. The quantitative estimate of drug-likeness (QED) is 0.545. The van der Waals surface area contributed by atoms with Gasteiger partial charge in [0, 0.05) is 0 Å². The third-order valence-electron chi connectivity index (χ3n) is 5.47. The summed E-state index contributed by atoms with van der Waals surface area (Å²) in [6.07, 6.45) is 10.9. The number of ether oxygens (including phenoxy) is 1. The Morgan fingerprint density at radius 3 is 2.32 bits per heavy atom. The molecule has 1 atom stereocenters. The van der Waals surface area contributed by atoms with E-state index >= 15 is 0 Å². The summed E-state index contributed by atoms with van der Waals surface area (Å²) in [5.41, 5.74) is 2.98. The SMILES string of the molecule is CCCCCc1ccc(C2CCC(C3CC(=O)O3)CC2)cc1. The third-order valence-corrected chi connectivity index (χ3v) is 5.47. The fourth-order valence-corrected chi connectivity index (χ4v) is 3.95. The largest absolute Gasteiger partial charge is 0.461 e. The number of carbonyl (C=O) groups excluding carboxylic acids is 1. The van der Waals surface area contributed by atoms with E-state index in [0.717, 1.165) is 0 Å². The summed E-state index contributed by atoms with van der Waals surface area (Å²) in [7, 11) is 0. The molecule has 2 nitrogen and oxygen atoms in total. The van der Waals surface area contributed by atoms with Crippen molar-refractivity contribution in [2.75, 3.05) is 0 Å². The highest BCUT2D eigenvalue weighted by Gasteiger charge is 2.37. The van der Waals surface area contributed by atoms with Crippen LogP contribution >= 0.6 is 0 Å². The molecule has 1 aromatic carbocycles. The van der Waals surface area contributed by atoms with Crippen LogP contribution in [0.25, 0.3) is 0 Å². The van der Waals surface area contributed by atoms with E-state index in [1.165, 1.54) is 62.5 Å². The first kappa shape index (κ1) is 15.6. The first-order chi connectivity index (χ1) is 10.8. The van der Waals surface area contributed by atoms with E-state index in [9.17, 15) is 4.79 Å². The van der Waals surface area contributed by atoms with Crippen LogP contribution in [0.4, 0.5) is 0 Å². The van der Waals surface area contributed by atoms with E-state index < -0.39 is 0 Å². The zero-order chi connectivity index (χ0) is 15.4. The molecule has 0 spiro atoms. The van der Waals surface area contributed by atoms with E-state index in [0.29, 0.717) is 18.3 Å². The van der Waals surface area contributed by atoms with Crippen LogP contribution in [0.1, 0.15) is 75.3 Å². The predicted molar refractivity (Wildman–Crippen MR) is 88.9 cm³/mol. The first-order valence-corrected chi connectivity index (χ1v) is 9.04. The summed E-state index contributed by atoms with van der Waals surface area (Å²) < 4.78 is 5.24. The van der Waals surface area contributed by atoms with Gasteiger partial charge in [0.1, 0.15) is 6.10 Å². The lowest BCUT2D eigenvalue weighted by atomic mass is 9.75. The maximum Gasteiger partial charge on any atom is 0.309 e. The summed E-state index contributed by atoms with van der Waals surface area (Å²) in [5.74, 6) is 1.31. The maximum absolute atomic E-state index is 10.9. The Morgan fingerprint density at radius 1 is 1.05 bits per heavy atom. The molecular formula is C20H28O2. The summed E-state index contributed by atoms with van der Waals surface area (Å²) >= 11 is 0. The molecule has 1 aromatic rings. The van der Waals surface area contributed by atoms with Gasteiger partial charge in [0.15, 0.2) is 0 Å². The zero-order valence-corrected chi connectivity index (χ0v) is 13.7. The second kappa shape index (κ2) is 7.30. The summed E-state index contributed by atoms with van der Waals surface area (Å²) in [4.78, 5) is 10.9. The number of cyclic esters (lactones) is 1. The number of rotatable bonds is 6. The van der Waals surface area contributed by atoms with E-state index in [4.69, 9.17) is 4.74 Å². The average Bonchev–Trinajstić information content (AvgIpc) is 2.53. The van der Waals surface area contributed by atoms with Crippen molar-refractivity contribution in [1.82, 2.24) is 0 Å². The van der Waals surface area contributed by atoms with Gasteiger partial charge >= 0.3 is 5.97 Å². The molecule has 2 aliphatic rings. The van der Waals surface area contributed by atoms with Crippen molar-refractivity contribution in [1.29, 1.82) is 0 Å². The van der Waals surface area contributed by atoms with Crippen molar-refractivity contribution in [2.24, 2.45) is 5.92 Å². The monoisotopic (exact) mass is 300 g/mol. The fourth-order valence-electron chi connectivity index (χ4n) is 3.95. The molecule has 2 fully saturated rings. The summed E-state index contributed by atoms with van der Waals surface area (Å²) in [6.45, 7) is 2.25. The maximum atomic E-state index is 10.9. The van der Waals surface area contributed by atoms with E-state index in [-0.39, 0.29) is 12.1 Å². The Bertz CT molecular complexity index is 475. The van der Waals surface area contributed by atoms with Crippen molar-refractivity contribution in [3.63, 3.8) is 0 Å². The number of hydrogen-bond donors (Lipinski definition) is 0. The summed E-state index contributed by atoms with van der Waals surface area (Å²) in [6, 6.07) is 9.33. The molecule has 2 heteroatoms. The van der Waals surface area contributed by atoms with Crippen molar-refractivity contribution < 1.29 is 9.53 Å². The van der Waals surface area contributed by atoms with Gasteiger partial charge in [0.05, 0.1) is 6.42 Å². The Balaban J connectivity index is 1.47. The lowest BCUT2D eigenvalue weighted by molar-refractivity contribution is -0.176. The zero-order valence-electron chi connectivity index (χ0n) is 13.7. The first-order valence-electron chi connectivity index (χ1n) is 9.04. The number of esters is 1. The van der Waals surface area contributed by atoms with Crippen LogP contribution in [0.2, 0.25) is 0 Å². The van der Waals surface area contributed by atoms with Crippen LogP contribution in [-0.2, 0) is 16.0 Å². The van der Waals surface area contributed by atoms with Gasteiger partial charge in [-0.15, -0.1) is 0 Å². The molecule has 3 rings (SSSR count). The Kier molecular flexibility index (Phi) is 5.17. The second-order valence-corrected chi connectivity index (χ2v) is 7.04. The van der Waals surface area contributed by atoms with E-state index in [1.54, 1.807) is 0 Å². The summed E-state index contributed by atoms with van der Waals surface area (Å²) in [5, 5.41) is 0. The number of benzene rings is 1. The molecule has 0 N–H and O–H groups in total. The molecule has 0 bridgehead atoms. The molecule has 0 aromatic heterocycles. The van der Waals surface area contributed by atoms with Crippen molar-refractivity contribution in [3.8, 4) is 0 Å². The van der Waals surface area contributed by atoms with Gasteiger partial charge in [-0.05, 0) is 61.5 Å². The second-order valence-electron chi connectivity index (χ2n) is 7.04. The van der Waals surface area contributed by atoms with Gasteiger partial charge in [0.25, 0.3) is 0 Å². The van der Waals surface area contributed by atoms with Crippen molar-refractivity contribution in [2.45, 2.75) is 76.7 Å². The molecule has 1 heterocycles. The molecule has 0 radical (unpaired) electrons. The van der Waals surface area contributed by atoms with Crippen LogP contribution in [0.15, 0.2) is 24.3 Å². The van der Waals surface area contributed by atoms with Gasteiger partial charge < -0.3 is 4.74 Å². The molecule has 1 unspecified atom stereocenters. The van der Waals surface area contributed by atoms with E-state index in [2.05, 4.69) is 31.2 Å². The number of hydrogen-bond acceptors (Lipinski definition) is 2. The highest BCUT2D eigenvalue weighted by Crippen LogP contribution is 2.40. The number of carbonyl (C=O) groups is 1. The van der Waals surface area contributed by atoms with Crippen LogP contribution in [-0.4, -0.2) is 12.1 Å². The predicted octanol–water partition coefficient (Wildman–Crippen LogP) is 5.01. The molecule has 1 aliphatic heterocycles. The van der Waals surface area contributed by atoms with Gasteiger partial charge in [-0.25, -0.2) is 0 Å².